The Morgan fingerprint density at radius 2 is 2.10 bits per heavy atom. The van der Waals surface area contributed by atoms with Crippen molar-refractivity contribution in [1.29, 1.82) is 0 Å². The van der Waals surface area contributed by atoms with Crippen molar-refractivity contribution in [3.05, 3.63) is 17.5 Å². The molecule has 0 spiro atoms. The molecule has 6 heteroatoms. The zero-order valence-electron chi connectivity index (χ0n) is 12.0. The lowest BCUT2D eigenvalue weighted by Gasteiger charge is -2.34. The second kappa shape index (κ2) is 7.64. The Bertz CT molecular complexity index is 428. The van der Waals surface area contributed by atoms with Crippen molar-refractivity contribution in [2.75, 3.05) is 32.1 Å². The van der Waals surface area contributed by atoms with Crippen molar-refractivity contribution in [2.24, 2.45) is 0 Å². The number of halogens is 1. The summed E-state index contributed by atoms with van der Waals surface area (Å²) in [4.78, 5) is 16.2. The fraction of sp³-hybridized carbons (Fsp3) is 0.714. The molecule has 1 aliphatic heterocycles. The van der Waals surface area contributed by atoms with E-state index in [0.29, 0.717) is 12.3 Å². The van der Waals surface area contributed by atoms with Crippen molar-refractivity contribution < 1.29 is 9.32 Å². The molecule has 1 aromatic rings. The van der Waals surface area contributed by atoms with Gasteiger partial charge in [0.1, 0.15) is 0 Å². The summed E-state index contributed by atoms with van der Waals surface area (Å²) in [6.07, 6.45) is 2.42. The van der Waals surface area contributed by atoms with Gasteiger partial charge in [0.05, 0.1) is 12.2 Å². The van der Waals surface area contributed by atoms with E-state index in [1.54, 1.807) is 0 Å². The molecular formula is C14H22ClN3O2. The van der Waals surface area contributed by atoms with Gasteiger partial charge in [0, 0.05) is 44.5 Å². The SMILES string of the molecule is Cc1cc(CN2CCN(C(=O)CCCCCl)CC2)on1. The van der Waals surface area contributed by atoms with E-state index < -0.39 is 0 Å². The molecule has 112 valence electrons. The molecule has 0 aromatic carbocycles. The van der Waals surface area contributed by atoms with Crippen LogP contribution in [0.1, 0.15) is 30.7 Å². The van der Waals surface area contributed by atoms with Crippen LogP contribution in [0.4, 0.5) is 0 Å². The highest BCUT2D eigenvalue weighted by atomic mass is 35.5. The number of piperazine rings is 1. The Labute approximate surface area is 124 Å². The standard InChI is InChI=1S/C14H22ClN3O2/c1-12-10-13(20-16-12)11-17-6-8-18(9-7-17)14(19)4-2-3-5-15/h10H,2-9,11H2,1H3. The summed E-state index contributed by atoms with van der Waals surface area (Å²) in [7, 11) is 0. The van der Waals surface area contributed by atoms with Gasteiger partial charge in [-0.15, -0.1) is 11.6 Å². The largest absolute Gasteiger partial charge is 0.360 e. The third kappa shape index (κ3) is 4.49. The maximum Gasteiger partial charge on any atom is 0.222 e. The summed E-state index contributed by atoms with van der Waals surface area (Å²) in [5, 5.41) is 3.89. The Balaban J connectivity index is 1.70. The van der Waals surface area contributed by atoms with Gasteiger partial charge < -0.3 is 9.42 Å². The number of unbranched alkanes of at least 4 members (excludes halogenated alkanes) is 1. The predicted molar refractivity (Wildman–Crippen MR) is 77.7 cm³/mol. The van der Waals surface area contributed by atoms with Gasteiger partial charge in [-0.3, -0.25) is 9.69 Å². The van der Waals surface area contributed by atoms with E-state index in [-0.39, 0.29) is 5.91 Å². The molecule has 1 amide bonds. The molecule has 1 aromatic heterocycles. The number of rotatable bonds is 6. The van der Waals surface area contributed by atoms with Crippen LogP contribution in [-0.2, 0) is 11.3 Å². The summed E-state index contributed by atoms with van der Waals surface area (Å²) in [6.45, 7) is 6.07. The number of aromatic nitrogens is 1. The van der Waals surface area contributed by atoms with Crippen LogP contribution >= 0.6 is 11.6 Å². The summed E-state index contributed by atoms with van der Waals surface area (Å²) < 4.78 is 5.22. The lowest BCUT2D eigenvalue weighted by Crippen LogP contribution is -2.48. The molecule has 0 atom stereocenters. The van der Waals surface area contributed by atoms with E-state index in [1.807, 2.05) is 17.9 Å². The maximum atomic E-state index is 12.0. The topological polar surface area (TPSA) is 49.6 Å². The van der Waals surface area contributed by atoms with Gasteiger partial charge in [-0.1, -0.05) is 5.16 Å². The monoisotopic (exact) mass is 299 g/mol. The van der Waals surface area contributed by atoms with Gasteiger partial charge in [-0.2, -0.15) is 0 Å². The quantitative estimate of drug-likeness (QED) is 0.596. The summed E-state index contributed by atoms with van der Waals surface area (Å²) >= 11 is 5.62. The van der Waals surface area contributed by atoms with Gasteiger partial charge >= 0.3 is 0 Å². The number of hydrogen-bond donors (Lipinski definition) is 0. The average Bonchev–Trinajstić information content (AvgIpc) is 2.85. The molecule has 1 aliphatic rings. The number of amides is 1. The smallest absolute Gasteiger partial charge is 0.222 e. The van der Waals surface area contributed by atoms with Gasteiger partial charge in [0.15, 0.2) is 5.76 Å². The first-order valence-electron chi connectivity index (χ1n) is 7.17. The summed E-state index contributed by atoms with van der Waals surface area (Å²) in [6, 6.07) is 1.96. The molecule has 0 N–H and O–H groups in total. The number of alkyl halides is 1. The molecule has 0 unspecified atom stereocenters. The van der Waals surface area contributed by atoms with Crippen LogP contribution in [0.5, 0.6) is 0 Å². The molecule has 1 saturated heterocycles. The van der Waals surface area contributed by atoms with Crippen molar-refractivity contribution in [2.45, 2.75) is 32.7 Å². The number of hydrogen-bond acceptors (Lipinski definition) is 4. The van der Waals surface area contributed by atoms with Crippen LogP contribution in [0.15, 0.2) is 10.6 Å². The van der Waals surface area contributed by atoms with Crippen LogP contribution in [0.3, 0.4) is 0 Å². The van der Waals surface area contributed by atoms with E-state index in [1.165, 1.54) is 0 Å². The van der Waals surface area contributed by atoms with E-state index in [9.17, 15) is 4.79 Å². The van der Waals surface area contributed by atoms with E-state index in [2.05, 4.69) is 10.1 Å². The number of nitrogens with zero attached hydrogens (tertiary/aromatic N) is 3. The highest BCUT2D eigenvalue weighted by molar-refractivity contribution is 6.17. The molecule has 0 aliphatic carbocycles. The lowest BCUT2D eigenvalue weighted by molar-refractivity contribution is -0.133. The van der Waals surface area contributed by atoms with Crippen LogP contribution in [0.2, 0.25) is 0 Å². The predicted octanol–water partition coefficient (Wildman–Crippen LogP) is 2.04. The minimum atomic E-state index is 0.255. The van der Waals surface area contributed by atoms with Crippen LogP contribution in [0.25, 0.3) is 0 Å². The molecule has 0 bridgehead atoms. The summed E-state index contributed by atoms with van der Waals surface area (Å²) in [5.41, 5.74) is 0.910. The molecule has 0 radical (unpaired) electrons. The molecule has 20 heavy (non-hydrogen) atoms. The Kier molecular flexibility index (Phi) is 5.86. The number of carbonyl (C=O) groups excluding carboxylic acids is 1. The van der Waals surface area contributed by atoms with Gasteiger partial charge in [-0.25, -0.2) is 0 Å². The first kappa shape index (κ1) is 15.3. The molecular weight excluding hydrogens is 278 g/mol. The molecule has 2 heterocycles. The minimum absolute atomic E-state index is 0.255. The third-order valence-electron chi connectivity index (χ3n) is 3.56. The second-order valence-corrected chi connectivity index (χ2v) is 5.62. The number of carbonyl (C=O) groups is 1. The molecule has 0 saturated carbocycles. The van der Waals surface area contributed by atoms with Gasteiger partial charge in [0.2, 0.25) is 5.91 Å². The van der Waals surface area contributed by atoms with E-state index in [0.717, 1.165) is 57.0 Å². The van der Waals surface area contributed by atoms with Crippen molar-refractivity contribution >= 4 is 17.5 Å². The highest BCUT2D eigenvalue weighted by Gasteiger charge is 2.21. The van der Waals surface area contributed by atoms with Crippen LogP contribution in [0, 0.1) is 6.92 Å². The normalized spacial score (nSPS) is 16.6. The first-order chi connectivity index (χ1) is 9.69. The van der Waals surface area contributed by atoms with Gasteiger partial charge in [0.25, 0.3) is 0 Å². The first-order valence-corrected chi connectivity index (χ1v) is 7.71. The van der Waals surface area contributed by atoms with E-state index in [4.69, 9.17) is 16.1 Å². The minimum Gasteiger partial charge on any atom is -0.360 e. The van der Waals surface area contributed by atoms with Crippen molar-refractivity contribution in [1.82, 2.24) is 15.0 Å². The van der Waals surface area contributed by atoms with E-state index >= 15 is 0 Å². The third-order valence-corrected chi connectivity index (χ3v) is 3.82. The Hall–Kier alpha value is -1.07. The summed E-state index contributed by atoms with van der Waals surface area (Å²) in [5.74, 6) is 1.78. The fourth-order valence-corrected chi connectivity index (χ4v) is 2.58. The van der Waals surface area contributed by atoms with Crippen molar-refractivity contribution in [3.63, 3.8) is 0 Å². The lowest BCUT2D eigenvalue weighted by atomic mass is 10.2. The number of aryl methyl sites for hydroxylation is 1. The zero-order chi connectivity index (χ0) is 14.4. The Morgan fingerprint density at radius 3 is 2.70 bits per heavy atom. The molecule has 1 fully saturated rings. The average molecular weight is 300 g/mol. The molecule has 2 rings (SSSR count). The second-order valence-electron chi connectivity index (χ2n) is 5.24. The fourth-order valence-electron chi connectivity index (χ4n) is 2.40. The van der Waals surface area contributed by atoms with Crippen molar-refractivity contribution in [3.8, 4) is 0 Å². The zero-order valence-corrected chi connectivity index (χ0v) is 12.7. The molecule has 5 nitrogen and oxygen atoms in total. The van der Waals surface area contributed by atoms with Gasteiger partial charge in [-0.05, 0) is 19.8 Å². The highest BCUT2D eigenvalue weighted by Crippen LogP contribution is 2.11. The Morgan fingerprint density at radius 1 is 1.35 bits per heavy atom. The maximum absolute atomic E-state index is 12.0. The van der Waals surface area contributed by atoms with Crippen LogP contribution < -0.4 is 0 Å². The van der Waals surface area contributed by atoms with Crippen LogP contribution in [-0.4, -0.2) is 52.9 Å².